The van der Waals surface area contributed by atoms with E-state index >= 15 is 0 Å². The van der Waals surface area contributed by atoms with Crippen molar-refractivity contribution in [1.82, 2.24) is 10.2 Å². The SMILES string of the molecule is CC(C)c1ccc(C(=O)N(C)CCC2CCNCC2)cc1. The summed E-state index contributed by atoms with van der Waals surface area (Å²) in [5, 5.41) is 3.38. The van der Waals surface area contributed by atoms with E-state index in [2.05, 4.69) is 31.3 Å². The van der Waals surface area contributed by atoms with Crippen LogP contribution in [-0.2, 0) is 0 Å². The molecule has 0 bridgehead atoms. The highest BCUT2D eigenvalue weighted by molar-refractivity contribution is 5.94. The van der Waals surface area contributed by atoms with Crippen molar-refractivity contribution in [2.45, 2.75) is 39.0 Å². The summed E-state index contributed by atoms with van der Waals surface area (Å²) < 4.78 is 0. The van der Waals surface area contributed by atoms with Gasteiger partial charge in [0, 0.05) is 19.2 Å². The monoisotopic (exact) mass is 288 g/mol. The van der Waals surface area contributed by atoms with Crippen molar-refractivity contribution >= 4 is 5.91 Å². The van der Waals surface area contributed by atoms with Gasteiger partial charge >= 0.3 is 0 Å². The zero-order valence-corrected chi connectivity index (χ0v) is 13.6. The van der Waals surface area contributed by atoms with Gasteiger partial charge in [-0.15, -0.1) is 0 Å². The summed E-state index contributed by atoms with van der Waals surface area (Å²) in [5.74, 6) is 1.41. The Morgan fingerprint density at radius 1 is 1.24 bits per heavy atom. The summed E-state index contributed by atoms with van der Waals surface area (Å²) in [6.45, 7) is 7.44. The molecule has 0 aliphatic carbocycles. The van der Waals surface area contributed by atoms with Crippen LogP contribution >= 0.6 is 0 Å². The van der Waals surface area contributed by atoms with Gasteiger partial charge in [0.2, 0.25) is 0 Å². The van der Waals surface area contributed by atoms with Crippen LogP contribution in [0.4, 0.5) is 0 Å². The van der Waals surface area contributed by atoms with Crippen LogP contribution in [0.2, 0.25) is 0 Å². The maximum Gasteiger partial charge on any atom is 0.253 e. The Labute approximate surface area is 128 Å². The molecular formula is C18H28N2O. The van der Waals surface area contributed by atoms with Crippen LogP contribution in [0.3, 0.4) is 0 Å². The van der Waals surface area contributed by atoms with Crippen molar-refractivity contribution in [1.29, 1.82) is 0 Å². The Bertz CT molecular complexity index is 447. The maximum atomic E-state index is 12.4. The third kappa shape index (κ3) is 4.57. The summed E-state index contributed by atoms with van der Waals surface area (Å²) in [4.78, 5) is 14.3. The topological polar surface area (TPSA) is 32.3 Å². The summed E-state index contributed by atoms with van der Waals surface area (Å²) >= 11 is 0. The van der Waals surface area contributed by atoms with E-state index in [1.54, 1.807) is 0 Å². The minimum Gasteiger partial charge on any atom is -0.342 e. The summed E-state index contributed by atoms with van der Waals surface area (Å²) in [7, 11) is 1.92. The molecule has 0 aromatic heterocycles. The Balaban J connectivity index is 1.86. The third-order valence-corrected chi connectivity index (χ3v) is 4.50. The lowest BCUT2D eigenvalue weighted by Crippen LogP contribution is -2.32. The fourth-order valence-electron chi connectivity index (χ4n) is 2.88. The average molecular weight is 288 g/mol. The first-order valence-corrected chi connectivity index (χ1v) is 8.14. The van der Waals surface area contributed by atoms with Gasteiger partial charge in [-0.05, 0) is 61.9 Å². The van der Waals surface area contributed by atoms with Crippen molar-refractivity contribution in [2.24, 2.45) is 5.92 Å². The van der Waals surface area contributed by atoms with E-state index in [0.717, 1.165) is 37.5 Å². The highest BCUT2D eigenvalue weighted by atomic mass is 16.2. The molecule has 1 aliphatic rings. The molecule has 1 aromatic rings. The van der Waals surface area contributed by atoms with Gasteiger partial charge in [-0.1, -0.05) is 26.0 Å². The Hall–Kier alpha value is -1.35. The molecule has 0 atom stereocenters. The fourth-order valence-corrected chi connectivity index (χ4v) is 2.88. The van der Waals surface area contributed by atoms with Crippen LogP contribution in [0.25, 0.3) is 0 Å². The second-order valence-electron chi connectivity index (χ2n) is 6.49. The minimum atomic E-state index is 0.138. The molecule has 2 rings (SSSR count). The first kappa shape index (κ1) is 16.0. The lowest BCUT2D eigenvalue weighted by atomic mass is 9.94. The number of carbonyl (C=O) groups is 1. The first-order valence-electron chi connectivity index (χ1n) is 8.14. The van der Waals surface area contributed by atoms with Gasteiger partial charge in [-0.2, -0.15) is 0 Å². The van der Waals surface area contributed by atoms with Crippen LogP contribution in [0.1, 0.15) is 54.9 Å². The lowest BCUT2D eigenvalue weighted by molar-refractivity contribution is 0.0784. The second-order valence-corrected chi connectivity index (χ2v) is 6.49. The molecule has 1 fully saturated rings. The summed E-state index contributed by atoms with van der Waals surface area (Å²) in [5.41, 5.74) is 2.08. The minimum absolute atomic E-state index is 0.138. The Morgan fingerprint density at radius 2 is 1.86 bits per heavy atom. The number of carbonyl (C=O) groups excluding carboxylic acids is 1. The van der Waals surface area contributed by atoms with E-state index in [4.69, 9.17) is 0 Å². The number of amides is 1. The molecule has 0 saturated carbocycles. The van der Waals surface area contributed by atoms with E-state index < -0.39 is 0 Å². The molecule has 1 aromatic carbocycles. The quantitative estimate of drug-likeness (QED) is 0.902. The zero-order valence-electron chi connectivity index (χ0n) is 13.6. The van der Waals surface area contributed by atoms with Crippen molar-refractivity contribution in [2.75, 3.05) is 26.7 Å². The van der Waals surface area contributed by atoms with Gasteiger partial charge in [0.1, 0.15) is 0 Å². The Kier molecular flexibility index (Phi) is 5.80. The molecule has 0 radical (unpaired) electrons. The van der Waals surface area contributed by atoms with Crippen LogP contribution < -0.4 is 5.32 Å². The normalized spacial score (nSPS) is 16.2. The van der Waals surface area contributed by atoms with Crippen LogP contribution in [0, 0.1) is 5.92 Å². The van der Waals surface area contributed by atoms with Gasteiger partial charge in [0.05, 0.1) is 0 Å². The second kappa shape index (κ2) is 7.60. The van der Waals surface area contributed by atoms with Gasteiger partial charge in [-0.3, -0.25) is 4.79 Å². The molecule has 1 amide bonds. The predicted octanol–water partition coefficient (Wildman–Crippen LogP) is 3.27. The average Bonchev–Trinajstić information content (AvgIpc) is 2.53. The highest BCUT2D eigenvalue weighted by Gasteiger charge is 2.16. The van der Waals surface area contributed by atoms with Gasteiger partial charge in [0.15, 0.2) is 0 Å². The Morgan fingerprint density at radius 3 is 2.43 bits per heavy atom. The van der Waals surface area contributed by atoms with E-state index in [9.17, 15) is 4.79 Å². The molecule has 3 nitrogen and oxygen atoms in total. The van der Waals surface area contributed by atoms with Crippen molar-refractivity contribution in [3.63, 3.8) is 0 Å². The molecule has 0 spiro atoms. The van der Waals surface area contributed by atoms with E-state index in [-0.39, 0.29) is 5.91 Å². The third-order valence-electron chi connectivity index (χ3n) is 4.50. The molecule has 1 N–H and O–H groups in total. The molecule has 1 heterocycles. The molecule has 1 aliphatic heterocycles. The largest absolute Gasteiger partial charge is 0.342 e. The number of nitrogens with one attached hydrogen (secondary N) is 1. The molecule has 116 valence electrons. The maximum absolute atomic E-state index is 12.4. The number of hydrogen-bond acceptors (Lipinski definition) is 2. The van der Waals surface area contributed by atoms with E-state index in [1.807, 2.05) is 24.1 Å². The van der Waals surface area contributed by atoms with Gasteiger partial charge in [0.25, 0.3) is 5.91 Å². The smallest absolute Gasteiger partial charge is 0.253 e. The van der Waals surface area contributed by atoms with Gasteiger partial charge in [-0.25, -0.2) is 0 Å². The predicted molar refractivity (Wildman–Crippen MR) is 87.7 cm³/mol. The number of hydrogen-bond donors (Lipinski definition) is 1. The van der Waals surface area contributed by atoms with Gasteiger partial charge < -0.3 is 10.2 Å². The summed E-state index contributed by atoms with van der Waals surface area (Å²) in [6.07, 6.45) is 3.60. The molecular weight excluding hydrogens is 260 g/mol. The molecule has 1 saturated heterocycles. The van der Waals surface area contributed by atoms with Crippen molar-refractivity contribution in [3.05, 3.63) is 35.4 Å². The first-order chi connectivity index (χ1) is 10.1. The molecule has 3 heteroatoms. The number of piperidine rings is 1. The van der Waals surface area contributed by atoms with E-state index in [0.29, 0.717) is 5.92 Å². The molecule has 0 unspecified atom stereocenters. The van der Waals surface area contributed by atoms with Crippen LogP contribution in [0.5, 0.6) is 0 Å². The lowest BCUT2D eigenvalue weighted by Gasteiger charge is -2.25. The number of nitrogens with zero attached hydrogens (tertiary/aromatic N) is 1. The number of benzene rings is 1. The fraction of sp³-hybridized carbons (Fsp3) is 0.611. The van der Waals surface area contributed by atoms with Crippen LogP contribution in [0.15, 0.2) is 24.3 Å². The molecule has 21 heavy (non-hydrogen) atoms. The zero-order chi connectivity index (χ0) is 15.2. The van der Waals surface area contributed by atoms with Crippen molar-refractivity contribution in [3.8, 4) is 0 Å². The number of rotatable bonds is 5. The van der Waals surface area contributed by atoms with E-state index in [1.165, 1.54) is 18.4 Å². The van der Waals surface area contributed by atoms with Crippen molar-refractivity contribution < 1.29 is 4.79 Å². The highest BCUT2D eigenvalue weighted by Crippen LogP contribution is 2.18. The summed E-state index contributed by atoms with van der Waals surface area (Å²) in [6, 6.07) is 8.05. The van der Waals surface area contributed by atoms with Crippen LogP contribution in [-0.4, -0.2) is 37.5 Å². The standard InChI is InChI=1S/C18H28N2O/c1-14(2)16-4-6-17(7-5-16)18(21)20(3)13-10-15-8-11-19-12-9-15/h4-7,14-15,19H,8-13H2,1-3H3.